The highest BCUT2D eigenvalue weighted by molar-refractivity contribution is 7.09. The van der Waals surface area contributed by atoms with Gasteiger partial charge in [-0.05, 0) is 31.2 Å². The van der Waals surface area contributed by atoms with E-state index in [1.807, 2.05) is 24.4 Å². The molecule has 0 aliphatic heterocycles. The Morgan fingerprint density at radius 3 is 2.91 bits per heavy atom. The fourth-order valence-electron chi connectivity index (χ4n) is 2.25. The lowest BCUT2D eigenvalue weighted by Crippen LogP contribution is -2.30. The van der Waals surface area contributed by atoms with Crippen LogP contribution in [0.25, 0.3) is 11.3 Å². The molecule has 2 N–H and O–H groups in total. The Kier molecular flexibility index (Phi) is 4.55. The molecule has 1 atom stereocenters. The van der Waals surface area contributed by atoms with Gasteiger partial charge in [-0.2, -0.15) is 0 Å². The lowest BCUT2D eigenvalue weighted by atomic mass is 10.1. The van der Waals surface area contributed by atoms with Gasteiger partial charge in [-0.15, -0.1) is 11.3 Å². The number of rotatable bonds is 5. The number of hydrogen-bond donors (Lipinski definition) is 2. The maximum atomic E-state index is 12.4. The van der Waals surface area contributed by atoms with Crippen molar-refractivity contribution < 1.29 is 14.3 Å². The Hall–Kier alpha value is -2.44. The lowest BCUT2D eigenvalue weighted by molar-refractivity contribution is 0.0907. The first kappa shape index (κ1) is 15.5. The van der Waals surface area contributed by atoms with Crippen molar-refractivity contribution in [3.63, 3.8) is 0 Å². The summed E-state index contributed by atoms with van der Waals surface area (Å²) in [7, 11) is 0. The monoisotopic (exact) mass is 328 g/mol. The van der Waals surface area contributed by atoms with Gasteiger partial charge in [-0.3, -0.25) is 4.79 Å². The normalized spacial score (nSPS) is 12.1. The van der Waals surface area contributed by atoms with Crippen LogP contribution < -0.4 is 5.32 Å². The molecule has 0 fully saturated rings. The Morgan fingerprint density at radius 1 is 1.39 bits per heavy atom. The topological polar surface area (TPSA) is 75.4 Å². The zero-order valence-electron chi connectivity index (χ0n) is 12.5. The SMILES string of the molecule is Cc1nc(-c2cccc(C(=O)NC(CO)c3ccco3)c2)cs1. The van der Waals surface area contributed by atoms with Gasteiger partial charge in [0.2, 0.25) is 0 Å². The second-order valence-corrected chi connectivity index (χ2v) is 6.12. The molecule has 1 aromatic carbocycles. The number of aliphatic hydroxyl groups is 1. The summed E-state index contributed by atoms with van der Waals surface area (Å²) in [5.74, 6) is 0.251. The molecule has 1 amide bonds. The third kappa shape index (κ3) is 3.49. The van der Waals surface area contributed by atoms with Crippen LogP contribution in [0.5, 0.6) is 0 Å². The highest BCUT2D eigenvalue weighted by Gasteiger charge is 2.17. The minimum atomic E-state index is -0.567. The number of thiazole rings is 1. The average molecular weight is 328 g/mol. The van der Waals surface area contributed by atoms with E-state index in [-0.39, 0.29) is 12.5 Å². The summed E-state index contributed by atoms with van der Waals surface area (Å²) in [4.78, 5) is 16.8. The second-order valence-electron chi connectivity index (χ2n) is 5.06. The van der Waals surface area contributed by atoms with Crippen molar-refractivity contribution in [2.45, 2.75) is 13.0 Å². The molecular formula is C17H16N2O3S. The van der Waals surface area contributed by atoms with E-state index in [2.05, 4.69) is 10.3 Å². The summed E-state index contributed by atoms with van der Waals surface area (Å²) >= 11 is 1.57. The third-order valence-corrected chi connectivity index (χ3v) is 4.19. The number of hydrogen-bond acceptors (Lipinski definition) is 5. The number of nitrogens with one attached hydrogen (secondary N) is 1. The van der Waals surface area contributed by atoms with E-state index >= 15 is 0 Å². The van der Waals surface area contributed by atoms with Gasteiger partial charge < -0.3 is 14.8 Å². The molecule has 0 aliphatic rings. The van der Waals surface area contributed by atoms with Gasteiger partial charge in [0.25, 0.3) is 5.91 Å². The van der Waals surface area contributed by atoms with Crippen LogP contribution >= 0.6 is 11.3 Å². The largest absolute Gasteiger partial charge is 0.467 e. The molecule has 6 heteroatoms. The standard InChI is InChI=1S/C17H16N2O3S/c1-11-18-15(10-23-11)12-4-2-5-13(8-12)17(21)19-14(9-20)16-6-3-7-22-16/h2-8,10,14,20H,9H2,1H3,(H,19,21). The van der Waals surface area contributed by atoms with Crippen molar-refractivity contribution in [1.29, 1.82) is 0 Å². The van der Waals surface area contributed by atoms with E-state index in [1.54, 1.807) is 35.6 Å². The summed E-state index contributed by atoms with van der Waals surface area (Å²) < 4.78 is 5.24. The van der Waals surface area contributed by atoms with Crippen LogP contribution in [0.3, 0.4) is 0 Å². The molecule has 0 spiro atoms. The maximum absolute atomic E-state index is 12.4. The van der Waals surface area contributed by atoms with Gasteiger partial charge in [0.15, 0.2) is 0 Å². The Bertz CT molecular complexity index is 796. The van der Waals surface area contributed by atoms with Crippen LogP contribution in [0.15, 0.2) is 52.5 Å². The molecule has 23 heavy (non-hydrogen) atoms. The average Bonchev–Trinajstić information content (AvgIpc) is 3.24. The number of aliphatic hydroxyl groups excluding tert-OH is 1. The van der Waals surface area contributed by atoms with Gasteiger partial charge in [-0.1, -0.05) is 12.1 Å². The molecule has 0 bridgehead atoms. The van der Waals surface area contributed by atoms with Gasteiger partial charge >= 0.3 is 0 Å². The third-order valence-electron chi connectivity index (χ3n) is 3.41. The predicted octanol–water partition coefficient (Wildman–Crippen LogP) is 3.17. The molecule has 3 rings (SSSR count). The number of carbonyl (C=O) groups excluding carboxylic acids is 1. The molecule has 2 heterocycles. The first-order valence-electron chi connectivity index (χ1n) is 7.15. The van der Waals surface area contributed by atoms with Crippen molar-refractivity contribution in [3.05, 3.63) is 64.4 Å². The summed E-state index contributed by atoms with van der Waals surface area (Å²) in [5.41, 5.74) is 2.26. The van der Waals surface area contributed by atoms with E-state index in [1.165, 1.54) is 6.26 Å². The number of nitrogens with zero attached hydrogens (tertiary/aromatic N) is 1. The van der Waals surface area contributed by atoms with Crippen LogP contribution in [-0.2, 0) is 0 Å². The van der Waals surface area contributed by atoms with Crippen molar-refractivity contribution in [2.75, 3.05) is 6.61 Å². The number of furan rings is 1. The molecule has 2 aromatic heterocycles. The van der Waals surface area contributed by atoms with Crippen molar-refractivity contribution in [2.24, 2.45) is 0 Å². The zero-order valence-corrected chi connectivity index (χ0v) is 13.3. The van der Waals surface area contributed by atoms with Crippen LogP contribution in [0.1, 0.15) is 27.2 Å². The Balaban J connectivity index is 1.80. The van der Waals surface area contributed by atoms with Crippen molar-refractivity contribution in [1.82, 2.24) is 10.3 Å². The van der Waals surface area contributed by atoms with Gasteiger partial charge in [0, 0.05) is 16.5 Å². The lowest BCUT2D eigenvalue weighted by Gasteiger charge is -2.14. The minimum absolute atomic E-state index is 0.232. The van der Waals surface area contributed by atoms with E-state index in [0.29, 0.717) is 11.3 Å². The molecule has 118 valence electrons. The van der Waals surface area contributed by atoms with Gasteiger partial charge in [0.05, 0.1) is 23.6 Å². The number of carbonyl (C=O) groups is 1. The van der Waals surface area contributed by atoms with Crippen LogP contribution in [0.4, 0.5) is 0 Å². The maximum Gasteiger partial charge on any atom is 0.251 e. The van der Waals surface area contributed by atoms with Crippen LogP contribution in [-0.4, -0.2) is 22.6 Å². The minimum Gasteiger partial charge on any atom is -0.467 e. The Labute approximate surface area is 137 Å². The van der Waals surface area contributed by atoms with E-state index in [9.17, 15) is 9.90 Å². The zero-order chi connectivity index (χ0) is 16.2. The molecule has 0 aliphatic carbocycles. The molecule has 1 unspecified atom stereocenters. The second kappa shape index (κ2) is 6.76. The quantitative estimate of drug-likeness (QED) is 0.754. The fraction of sp³-hybridized carbons (Fsp3) is 0.176. The van der Waals surface area contributed by atoms with Crippen LogP contribution in [0.2, 0.25) is 0 Å². The summed E-state index contributed by atoms with van der Waals surface area (Å²) in [6.07, 6.45) is 1.51. The number of aryl methyl sites for hydroxylation is 1. The molecule has 0 saturated heterocycles. The molecule has 5 nitrogen and oxygen atoms in total. The summed E-state index contributed by atoms with van der Waals surface area (Å²) in [6, 6.07) is 10.1. The Morgan fingerprint density at radius 2 is 2.26 bits per heavy atom. The predicted molar refractivity (Wildman–Crippen MR) is 88.3 cm³/mol. The number of aromatic nitrogens is 1. The van der Waals surface area contributed by atoms with E-state index < -0.39 is 6.04 Å². The first-order valence-corrected chi connectivity index (χ1v) is 8.03. The van der Waals surface area contributed by atoms with Crippen molar-refractivity contribution >= 4 is 17.2 Å². The molecule has 0 radical (unpaired) electrons. The fourth-order valence-corrected chi connectivity index (χ4v) is 2.88. The van der Waals surface area contributed by atoms with Crippen LogP contribution in [0, 0.1) is 6.92 Å². The first-order chi connectivity index (χ1) is 11.2. The van der Waals surface area contributed by atoms with Crippen molar-refractivity contribution in [3.8, 4) is 11.3 Å². The summed E-state index contributed by atoms with van der Waals surface area (Å²) in [6.45, 7) is 1.71. The molecule has 3 aromatic rings. The molecular weight excluding hydrogens is 312 g/mol. The highest BCUT2D eigenvalue weighted by atomic mass is 32.1. The van der Waals surface area contributed by atoms with E-state index in [0.717, 1.165) is 16.3 Å². The van der Waals surface area contributed by atoms with Gasteiger partial charge in [-0.25, -0.2) is 4.98 Å². The van der Waals surface area contributed by atoms with E-state index in [4.69, 9.17) is 4.42 Å². The van der Waals surface area contributed by atoms with Gasteiger partial charge in [0.1, 0.15) is 11.8 Å². The molecule has 0 saturated carbocycles. The highest BCUT2D eigenvalue weighted by Crippen LogP contribution is 2.23. The number of benzene rings is 1. The smallest absolute Gasteiger partial charge is 0.251 e. The summed E-state index contributed by atoms with van der Waals surface area (Å²) in [5, 5.41) is 15.2. The number of amides is 1.